The zero-order chi connectivity index (χ0) is 14.8. The number of aromatic nitrogens is 1. The average Bonchev–Trinajstić information content (AvgIpc) is 2.38. The summed E-state index contributed by atoms with van der Waals surface area (Å²) in [7, 11) is 0. The molecule has 2 aromatic rings. The summed E-state index contributed by atoms with van der Waals surface area (Å²) in [5, 5.41) is 9.11. The van der Waals surface area contributed by atoms with E-state index in [4.69, 9.17) is 5.11 Å². The maximum Gasteiger partial charge on any atom is 0.573 e. The number of hydrogen-bond acceptors (Lipinski definition) is 3. The number of nitrogens with zero attached hydrogens (tertiary/aromatic N) is 1. The molecule has 1 aromatic heterocycles. The molecular formula is C13H9F4NO2. The molecule has 3 nitrogen and oxygen atoms in total. The maximum absolute atomic E-state index is 12.9. The molecule has 0 fully saturated rings. The summed E-state index contributed by atoms with van der Waals surface area (Å²) in [5.74, 6) is -1.10. The van der Waals surface area contributed by atoms with E-state index in [-0.39, 0.29) is 11.4 Å². The van der Waals surface area contributed by atoms with Crippen LogP contribution in [0.25, 0.3) is 11.1 Å². The number of aliphatic hydroxyl groups is 1. The molecule has 0 unspecified atom stereocenters. The van der Waals surface area contributed by atoms with Gasteiger partial charge in [-0.3, -0.25) is 0 Å². The minimum atomic E-state index is -4.75. The van der Waals surface area contributed by atoms with Gasteiger partial charge in [0.15, 0.2) is 0 Å². The van der Waals surface area contributed by atoms with Crippen molar-refractivity contribution in [3.8, 4) is 16.9 Å². The second-order valence-electron chi connectivity index (χ2n) is 3.86. The lowest BCUT2D eigenvalue weighted by Crippen LogP contribution is -2.16. The molecule has 0 saturated carbocycles. The monoisotopic (exact) mass is 287 g/mol. The van der Waals surface area contributed by atoms with Gasteiger partial charge in [-0.15, -0.1) is 13.2 Å². The first kappa shape index (κ1) is 14.3. The van der Waals surface area contributed by atoms with E-state index in [0.717, 1.165) is 18.2 Å². The Labute approximate surface area is 111 Å². The molecule has 0 amide bonds. The first-order valence-corrected chi connectivity index (χ1v) is 5.51. The van der Waals surface area contributed by atoms with Gasteiger partial charge in [-0.1, -0.05) is 12.1 Å². The van der Waals surface area contributed by atoms with Crippen LogP contribution in [0.1, 0.15) is 5.69 Å². The Bertz CT molecular complexity index is 596. The van der Waals surface area contributed by atoms with Gasteiger partial charge in [-0.2, -0.15) is 4.39 Å². The molecule has 0 atom stereocenters. The molecule has 0 radical (unpaired) electrons. The first-order valence-electron chi connectivity index (χ1n) is 5.51. The van der Waals surface area contributed by atoms with Gasteiger partial charge in [-0.25, -0.2) is 4.98 Å². The highest BCUT2D eigenvalue weighted by Crippen LogP contribution is 2.28. The number of alkyl halides is 3. The molecule has 7 heteroatoms. The number of halogens is 4. The molecule has 0 aliphatic carbocycles. The minimum Gasteiger partial charge on any atom is -0.406 e. The van der Waals surface area contributed by atoms with Crippen molar-refractivity contribution in [2.45, 2.75) is 13.0 Å². The van der Waals surface area contributed by atoms with Crippen molar-refractivity contribution in [2.24, 2.45) is 0 Å². The van der Waals surface area contributed by atoms with Crippen LogP contribution in [0.5, 0.6) is 5.75 Å². The highest BCUT2D eigenvalue weighted by atomic mass is 19.4. The van der Waals surface area contributed by atoms with Crippen LogP contribution in [-0.2, 0) is 6.61 Å². The van der Waals surface area contributed by atoms with Gasteiger partial charge in [0.25, 0.3) is 0 Å². The molecule has 1 aromatic carbocycles. The van der Waals surface area contributed by atoms with Crippen molar-refractivity contribution in [3.63, 3.8) is 0 Å². The molecule has 106 valence electrons. The molecule has 0 aliphatic rings. The summed E-state index contributed by atoms with van der Waals surface area (Å²) in [5.41, 5.74) is 1.04. The molecule has 20 heavy (non-hydrogen) atoms. The van der Waals surface area contributed by atoms with Gasteiger partial charge < -0.3 is 9.84 Å². The zero-order valence-corrected chi connectivity index (χ0v) is 9.99. The second-order valence-corrected chi connectivity index (χ2v) is 3.86. The summed E-state index contributed by atoms with van der Waals surface area (Å²) in [6.45, 7) is -0.478. The molecule has 0 saturated heterocycles. The largest absolute Gasteiger partial charge is 0.573 e. The van der Waals surface area contributed by atoms with Crippen molar-refractivity contribution in [1.82, 2.24) is 4.98 Å². The Morgan fingerprint density at radius 2 is 1.70 bits per heavy atom. The second kappa shape index (κ2) is 5.46. The predicted molar refractivity (Wildman–Crippen MR) is 62.2 cm³/mol. The molecule has 0 spiro atoms. The topological polar surface area (TPSA) is 42.4 Å². The summed E-state index contributed by atoms with van der Waals surface area (Å²) >= 11 is 0. The number of aliphatic hydroxyl groups excluding tert-OH is 1. The number of ether oxygens (including phenoxy) is 1. The predicted octanol–water partition coefficient (Wildman–Crippen LogP) is 3.28. The van der Waals surface area contributed by atoms with Crippen molar-refractivity contribution < 1.29 is 27.4 Å². The third-order valence-corrected chi connectivity index (χ3v) is 2.49. The van der Waals surface area contributed by atoms with Gasteiger partial charge in [-0.05, 0) is 29.8 Å². The molecule has 0 bridgehead atoms. The van der Waals surface area contributed by atoms with E-state index >= 15 is 0 Å². The zero-order valence-electron chi connectivity index (χ0n) is 9.99. The Kier molecular flexibility index (Phi) is 3.89. The van der Waals surface area contributed by atoms with Crippen LogP contribution >= 0.6 is 0 Å². The minimum absolute atomic E-state index is 0.106. The van der Waals surface area contributed by atoms with Crippen molar-refractivity contribution >= 4 is 0 Å². The summed E-state index contributed by atoms with van der Waals surface area (Å²) in [6, 6.07) is 7.51. The van der Waals surface area contributed by atoms with Crippen LogP contribution in [0.15, 0.2) is 36.4 Å². The van der Waals surface area contributed by atoms with Gasteiger partial charge >= 0.3 is 6.36 Å². The highest BCUT2D eigenvalue weighted by molar-refractivity contribution is 5.66. The number of rotatable bonds is 3. The SMILES string of the molecule is OCc1nc(F)ccc1-c1ccc(OC(F)(F)F)cc1. The lowest BCUT2D eigenvalue weighted by molar-refractivity contribution is -0.274. The van der Waals surface area contributed by atoms with Crippen molar-refractivity contribution in [1.29, 1.82) is 0 Å². The van der Waals surface area contributed by atoms with E-state index in [1.807, 2.05) is 0 Å². The lowest BCUT2D eigenvalue weighted by Gasteiger charge is -2.10. The standard InChI is InChI=1S/C13H9F4NO2/c14-12-6-5-10(11(7-19)18-12)8-1-3-9(4-2-8)20-13(15,16)17/h1-6,19H,7H2. The van der Waals surface area contributed by atoms with Crippen LogP contribution in [0.4, 0.5) is 17.6 Å². The molecule has 0 aliphatic heterocycles. The van der Waals surface area contributed by atoms with Gasteiger partial charge in [0.2, 0.25) is 5.95 Å². The molecular weight excluding hydrogens is 278 g/mol. The quantitative estimate of drug-likeness (QED) is 0.696. The van der Waals surface area contributed by atoms with Crippen molar-refractivity contribution in [2.75, 3.05) is 0 Å². The van der Waals surface area contributed by atoms with E-state index in [9.17, 15) is 17.6 Å². The number of hydrogen-bond donors (Lipinski definition) is 1. The van der Waals surface area contributed by atoms with Crippen LogP contribution in [0.3, 0.4) is 0 Å². The Morgan fingerprint density at radius 1 is 1.05 bits per heavy atom. The van der Waals surface area contributed by atoms with Crippen LogP contribution < -0.4 is 4.74 Å². The number of pyridine rings is 1. The van der Waals surface area contributed by atoms with Gasteiger partial charge in [0.1, 0.15) is 5.75 Å². The lowest BCUT2D eigenvalue weighted by atomic mass is 10.0. The van der Waals surface area contributed by atoms with E-state index in [1.165, 1.54) is 18.2 Å². The summed E-state index contributed by atoms with van der Waals surface area (Å²) in [6.07, 6.45) is -4.75. The normalized spacial score (nSPS) is 11.4. The Morgan fingerprint density at radius 3 is 2.25 bits per heavy atom. The van der Waals surface area contributed by atoms with E-state index in [0.29, 0.717) is 11.1 Å². The molecule has 2 rings (SSSR count). The third-order valence-electron chi connectivity index (χ3n) is 2.49. The maximum atomic E-state index is 12.9. The molecule has 1 N–H and O–H groups in total. The fourth-order valence-corrected chi connectivity index (χ4v) is 1.69. The fourth-order valence-electron chi connectivity index (χ4n) is 1.69. The fraction of sp³-hybridized carbons (Fsp3) is 0.154. The average molecular weight is 287 g/mol. The third kappa shape index (κ3) is 3.45. The summed E-state index contributed by atoms with van der Waals surface area (Å²) in [4.78, 5) is 3.52. The van der Waals surface area contributed by atoms with Gasteiger partial charge in [0, 0.05) is 5.56 Å². The van der Waals surface area contributed by atoms with E-state index in [2.05, 4.69) is 9.72 Å². The van der Waals surface area contributed by atoms with E-state index in [1.54, 1.807) is 0 Å². The van der Waals surface area contributed by atoms with Crippen LogP contribution in [-0.4, -0.2) is 16.5 Å². The molecule has 1 heterocycles. The number of benzene rings is 1. The van der Waals surface area contributed by atoms with Gasteiger partial charge in [0.05, 0.1) is 12.3 Å². The Hall–Kier alpha value is -2.15. The van der Waals surface area contributed by atoms with Crippen LogP contribution in [0.2, 0.25) is 0 Å². The Balaban J connectivity index is 2.30. The van der Waals surface area contributed by atoms with Crippen LogP contribution in [0, 0.1) is 5.95 Å². The highest BCUT2D eigenvalue weighted by Gasteiger charge is 2.30. The van der Waals surface area contributed by atoms with Crippen molar-refractivity contribution in [3.05, 3.63) is 48.0 Å². The first-order chi connectivity index (χ1) is 9.39. The summed E-state index contributed by atoms with van der Waals surface area (Å²) < 4.78 is 52.7. The van der Waals surface area contributed by atoms with E-state index < -0.39 is 18.9 Å². The smallest absolute Gasteiger partial charge is 0.406 e.